The molecule has 5 heteroatoms. The van der Waals surface area contributed by atoms with E-state index in [1.807, 2.05) is 18.2 Å². The number of hydrogen-bond acceptors (Lipinski definition) is 4. The number of ether oxygens (including phenoxy) is 2. The lowest BCUT2D eigenvalue weighted by Gasteiger charge is -2.26. The van der Waals surface area contributed by atoms with Crippen LogP contribution in [0.3, 0.4) is 0 Å². The Morgan fingerprint density at radius 1 is 1.40 bits per heavy atom. The third kappa shape index (κ3) is 4.59. The topological polar surface area (TPSA) is 50.8 Å². The zero-order valence-corrected chi connectivity index (χ0v) is 11.9. The average Bonchev–Trinajstić information content (AvgIpc) is 2.49. The maximum absolute atomic E-state index is 12.0. The fraction of sp³-hybridized carbons (Fsp3) is 0.533. The molecule has 1 N–H and O–H groups in total. The SMILES string of the molecule is COCCNC(=O)c1cccc(CN2CCOCC2)c1. The van der Waals surface area contributed by atoms with Crippen molar-refractivity contribution in [1.29, 1.82) is 0 Å². The molecule has 5 nitrogen and oxygen atoms in total. The van der Waals surface area contributed by atoms with Crippen molar-refractivity contribution in [3.8, 4) is 0 Å². The molecule has 2 rings (SSSR count). The van der Waals surface area contributed by atoms with E-state index in [0.29, 0.717) is 18.7 Å². The van der Waals surface area contributed by atoms with E-state index in [2.05, 4.69) is 16.3 Å². The zero-order valence-electron chi connectivity index (χ0n) is 11.9. The quantitative estimate of drug-likeness (QED) is 0.785. The van der Waals surface area contributed by atoms with Gasteiger partial charge in [-0.2, -0.15) is 0 Å². The average molecular weight is 278 g/mol. The third-order valence-corrected chi connectivity index (χ3v) is 3.29. The number of benzene rings is 1. The van der Waals surface area contributed by atoms with Gasteiger partial charge in [0, 0.05) is 38.9 Å². The molecule has 0 bridgehead atoms. The van der Waals surface area contributed by atoms with E-state index < -0.39 is 0 Å². The largest absolute Gasteiger partial charge is 0.383 e. The number of rotatable bonds is 6. The number of amides is 1. The van der Waals surface area contributed by atoms with E-state index >= 15 is 0 Å². The molecule has 1 saturated heterocycles. The Labute approximate surface area is 119 Å². The second-order valence-corrected chi connectivity index (χ2v) is 4.84. The van der Waals surface area contributed by atoms with E-state index in [1.54, 1.807) is 7.11 Å². The Kier molecular flexibility index (Phi) is 5.98. The lowest BCUT2D eigenvalue weighted by molar-refractivity contribution is 0.0342. The number of morpholine rings is 1. The van der Waals surface area contributed by atoms with Crippen LogP contribution in [0.5, 0.6) is 0 Å². The predicted molar refractivity (Wildman–Crippen MR) is 76.7 cm³/mol. The Hall–Kier alpha value is -1.43. The van der Waals surface area contributed by atoms with Gasteiger partial charge in [-0.25, -0.2) is 0 Å². The van der Waals surface area contributed by atoms with E-state index in [-0.39, 0.29) is 5.91 Å². The zero-order chi connectivity index (χ0) is 14.2. The molecule has 0 unspecified atom stereocenters. The van der Waals surface area contributed by atoms with Crippen molar-refractivity contribution in [1.82, 2.24) is 10.2 Å². The van der Waals surface area contributed by atoms with E-state index in [4.69, 9.17) is 9.47 Å². The number of carbonyl (C=O) groups is 1. The van der Waals surface area contributed by atoms with Crippen molar-refractivity contribution in [2.45, 2.75) is 6.54 Å². The van der Waals surface area contributed by atoms with Gasteiger partial charge in [-0.15, -0.1) is 0 Å². The number of nitrogens with zero attached hydrogens (tertiary/aromatic N) is 1. The Bertz CT molecular complexity index is 431. The van der Waals surface area contributed by atoms with Gasteiger partial charge in [0.2, 0.25) is 0 Å². The predicted octanol–water partition coefficient (Wildman–Crippen LogP) is 0.895. The summed E-state index contributed by atoms with van der Waals surface area (Å²) in [6.07, 6.45) is 0. The minimum atomic E-state index is -0.0501. The first-order valence-corrected chi connectivity index (χ1v) is 6.96. The minimum Gasteiger partial charge on any atom is -0.383 e. The monoisotopic (exact) mass is 278 g/mol. The van der Waals surface area contributed by atoms with E-state index in [9.17, 15) is 4.79 Å². The normalized spacial score (nSPS) is 16.1. The molecule has 1 aliphatic heterocycles. The molecule has 0 aliphatic carbocycles. The Morgan fingerprint density at radius 2 is 2.20 bits per heavy atom. The maximum Gasteiger partial charge on any atom is 0.251 e. The second-order valence-electron chi connectivity index (χ2n) is 4.84. The summed E-state index contributed by atoms with van der Waals surface area (Å²) < 4.78 is 10.3. The van der Waals surface area contributed by atoms with Crippen LogP contribution in [-0.4, -0.2) is 57.4 Å². The molecule has 1 aromatic carbocycles. The molecular weight excluding hydrogens is 256 g/mol. The molecule has 1 heterocycles. The van der Waals surface area contributed by atoms with Crippen LogP contribution in [-0.2, 0) is 16.0 Å². The van der Waals surface area contributed by atoms with E-state index in [0.717, 1.165) is 38.4 Å². The summed E-state index contributed by atoms with van der Waals surface area (Å²) in [5, 5.41) is 2.83. The highest BCUT2D eigenvalue weighted by Gasteiger charge is 2.12. The van der Waals surface area contributed by atoms with Gasteiger partial charge >= 0.3 is 0 Å². The number of nitrogens with one attached hydrogen (secondary N) is 1. The summed E-state index contributed by atoms with van der Waals surface area (Å²) in [5.41, 5.74) is 1.86. The van der Waals surface area contributed by atoms with Gasteiger partial charge in [-0.05, 0) is 17.7 Å². The lowest BCUT2D eigenvalue weighted by atomic mass is 10.1. The van der Waals surface area contributed by atoms with Gasteiger partial charge in [0.15, 0.2) is 0 Å². The lowest BCUT2D eigenvalue weighted by Crippen LogP contribution is -2.35. The fourth-order valence-electron chi connectivity index (χ4n) is 2.20. The van der Waals surface area contributed by atoms with Gasteiger partial charge in [0.05, 0.1) is 19.8 Å². The van der Waals surface area contributed by atoms with Gasteiger partial charge in [-0.1, -0.05) is 12.1 Å². The highest BCUT2D eigenvalue weighted by Crippen LogP contribution is 2.10. The summed E-state index contributed by atoms with van der Waals surface area (Å²) in [5.74, 6) is -0.0501. The number of carbonyl (C=O) groups excluding carboxylic acids is 1. The molecular formula is C15H22N2O3. The third-order valence-electron chi connectivity index (χ3n) is 3.29. The molecule has 0 radical (unpaired) electrons. The number of hydrogen-bond donors (Lipinski definition) is 1. The molecule has 1 amide bonds. The first-order chi connectivity index (χ1) is 9.79. The van der Waals surface area contributed by atoms with Crippen molar-refractivity contribution in [3.05, 3.63) is 35.4 Å². The van der Waals surface area contributed by atoms with Crippen molar-refractivity contribution in [2.24, 2.45) is 0 Å². The van der Waals surface area contributed by atoms with Crippen molar-refractivity contribution in [3.63, 3.8) is 0 Å². The molecule has 1 aliphatic rings. The second kappa shape index (κ2) is 7.99. The molecule has 110 valence electrons. The Balaban J connectivity index is 1.91. The van der Waals surface area contributed by atoms with E-state index in [1.165, 1.54) is 0 Å². The van der Waals surface area contributed by atoms with Gasteiger partial charge < -0.3 is 14.8 Å². The van der Waals surface area contributed by atoms with Crippen LogP contribution in [0.2, 0.25) is 0 Å². The first-order valence-electron chi connectivity index (χ1n) is 6.96. The maximum atomic E-state index is 12.0. The smallest absolute Gasteiger partial charge is 0.251 e. The standard InChI is InChI=1S/C15H22N2O3/c1-19-8-5-16-15(18)14-4-2-3-13(11-14)12-17-6-9-20-10-7-17/h2-4,11H,5-10,12H2,1H3,(H,16,18). The first kappa shape index (κ1) is 15.0. The van der Waals surface area contributed by atoms with Crippen molar-refractivity contribution >= 4 is 5.91 Å². The summed E-state index contributed by atoms with van der Waals surface area (Å²) in [4.78, 5) is 14.3. The van der Waals surface area contributed by atoms with Crippen LogP contribution >= 0.6 is 0 Å². The van der Waals surface area contributed by atoms with Crippen LogP contribution in [0.4, 0.5) is 0 Å². The van der Waals surface area contributed by atoms with Crippen LogP contribution in [0, 0.1) is 0 Å². The van der Waals surface area contributed by atoms with Crippen LogP contribution < -0.4 is 5.32 Å². The summed E-state index contributed by atoms with van der Waals surface area (Å²) >= 11 is 0. The molecule has 0 saturated carbocycles. The molecule has 0 aromatic heterocycles. The van der Waals surface area contributed by atoms with Crippen LogP contribution in [0.15, 0.2) is 24.3 Å². The molecule has 20 heavy (non-hydrogen) atoms. The van der Waals surface area contributed by atoms with Gasteiger partial charge in [0.1, 0.15) is 0 Å². The van der Waals surface area contributed by atoms with Crippen molar-refractivity contribution in [2.75, 3.05) is 46.6 Å². The summed E-state index contributed by atoms with van der Waals surface area (Å²) in [7, 11) is 1.62. The minimum absolute atomic E-state index is 0.0501. The van der Waals surface area contributed by atoms with Gasteiger partial charge in [0.25, 0.3) is 5.91 Å². The summed E-state index contributed by atoms with van der Waals surface area (Å²) in [6, 6.07) is 7.78. The highest BCUT2D eigenvalue weighted by atomic mass is 16.5. The molecule has 1 aromatic rings. The molecule has 1 fully saturated rings. The highest BCUT2D eigenvalue weighted by molar-refractivity contribution is 5.94. The van der Waals surface area contributed by atoms with Gasteiger partial charge in [-0.3, -0.25) is 9.69 Å². The number of methoxy groups -OCH3 is 1. The van der Waals surface area contributed by atoms with Crippen LogP contribution in [0.1, 0.15) is 15.9 Å². The molecule has 0 atom stereocenters. The van der Waals surface area contributed by atoms with Crippen molar-refractivity contribution < 1.29 is 14.3 Å². The Morgan fingerprint density at radius 3 is 2.95 bits per heavy atom. The van der Waals surface area contributed by atoms with Crippen LogP contribution in [0.25, 0.3) is 0 Å². The molecule has 0 spiro atoms. The fourth-order valence-corrected chi connectivity index (χ4v) is 2.20. The summed E-state index contributed by atoms with van der Waals surface area (Å²) in [6.45, 7) is 5.40.